The largest absolute Gasteiger partial charge is 0.490 e. The molecule has 0 unspecified atom stereocenters. The molecule has 2 aliphatic heterocycles. The molecule has 2 aliphatic rings. The average Bonchev–Trinajstić information content (AvgIpc) is 3.27. The van der Waals surface area contributed by atoms with Crippen molar-refractivity contribution in [2.75, 3.05) is 45.5 Å². The second-order valence-electron chi connectivity index (χ2n) is 9.06. The van der Waals surface area contributed by atoms with Crippen LogP contribution in [0.2, 0.25) is 10.0 Å². The van der Waals surface area contributed by atoms with Crippen molar-refractivity contribution in [1.29, 1.82) is 0 Å². The van der Waals surface area contributed by atoms with E-state index in [9.17, 15) is 17.6 Å². The maximum Gasteiger partial charge on any atom is 0.320 e. The van der Waals surface area contributed by atoms with Gasteiger partial charge in [-0.2, -0.15) is 4.31 Å². The van der Waals surface area contributed by atoms with Crippen LogP contribution >= 0.6 is 23.2 Å². The highest BCUT2D eigenvalue weighted by molar-refractivity contribution is 7.88. The molecular formula is C24H28Cl2FN3O4S. The zero-order valence-corrected chi connectivity index (χ0v) is 21.9. The molecule has 2 aromatic rings. The number of halogens is 3. The fourth-order valence-electron chi connectivity index (χ4n) is 4.78. The monoisotopic (exact) mass is 543 g/mol. The van der Waals surface area contributed by atoms with Gasteiger partial charge in [0.15, 0.2) is 0 Å². The SMILES string of the molecule is C[C@H](Oc1ccc(F)cc1)[C@@H]1CN(C(=O)N2CCN(S(C)(=O)=O)CC2)C[C@H]1c1ccc(Cl)c(Cl)c1. The predicted octanol–water partition coefficient (Wildman–Crippen LogP) is 4.31. The van der Waals surface area contributed by atoms with Gasteiger partial charge in [0, 0.05) is 51.1 Å². The molecule has 35 heavy (non-hydrogen) atoms. The number of hydrogen-bond donors (Lipinski definition) is 0. The maximum absolute atomic E-state index is 13.4. The number of carbonyl (C=O) groups excluding carboxylic acids is 1. The van der Waals surface area contributed by atoms with E-state index in [1.54, 1.807) is 28.0 Å². The Balaban J connectivity index is 1.52. The average molecular weight is 544 g/mol. The van der Waals surface area contributed by atoms with E-state index in [0.717, 1.165) is 5.56 Å². The number of piperazine rings is 1. The van der Waals surface area contributed by atoms with Gasteiger partial charge in [0.25, 0.3) is 0 Å². The molecule has 0 aliphatic carbocycles. The van der Waals surface area contributed by atoms with Crippen LogP contribution in [0.1, 0.15) is 18.4 Å². The van der Waals surface area contributed by atoms with Crippen molar-refractivity contribution in [3.8, 4) is 5.75 Å². The summed E-state index contributed by atoms with van der Waals surface area (Å²) >= 11 is 12.4. The van der Waals surface area contributed by atoms with Crippen LogP contribution in [-0.4, -0.2) is 80.2 Å². The maximum atomic E-state index is 13.4. The van der Waals surface area contributed by atoms with Crippen molar-refractivity contribution in [3.05, 3.63) is 63.9 Å². The summed E-state index contributed by atoms with van der Waals surface area (Å²) in [5.41, 5.74) is 0.955. The Hall–Kier alpha value is -2.07. The number of rotatable bonds is 5. The number of ether oxygens (including phenoxy) is 1. The van der Waals surface area contributed by atoms with Crippen molar-refractivity contribution in [2.24, 2.45) is 5.92 Å². The van der Waals surface area contributed by atoms with Crippen molar-refractivity contribution in [2.45, 2.75) is 18.9 Å². The highest BCUT2D eigenvalue weighted by Crippen LogP contribution is 2.38. The van der Waals surface area contributed by atoms with Gasteiger partial charge >= 0.3 is 6.03 Å². The number of likely N-dealkylation sites (tertiary alicyclic amines) is 1. The first-order valence-electron chi connectivity index (χ1n) is 11.4. The number of urea groups is 1. The molecule has 2 fully saturated rings. The predicted molar refractivity (Wildman–Crippen MR) is 134 cm³/mol. The summed E-state index contributed by atoms with van der Waals surface area (Å²) in [5, 5.41) is 0.897. The highest BCUT2D eigenvalue weighted by Gasteiger charge is 2.42. The second kappa shape index (κ2) is 10.5. The van der Waals surface area contributed by atoms with Crippen LogP contribution in [0, 0.1) is 11.7 Å². The minimum atomic E-state index is -3.28. The molecule has 4 rings (SSSR count). The zero-order chi connectivity index (χ0) is 25.3. The minimum absolute atomic E-state index is 0.0542. The third kappa shape index (κ3) is 6.02. The molecule has 3 atom stereocenters. The molecule has 11 heteroatoms. The van der Waals surface area contributed by atoms with Gasteiger partial charge < -0.3 is 14.5 Å². The molecule has 190 valence electrons. The smallest absolute Gasteiger partial charge is 0.320 e. The van der Waals surface area contributed by atoms with Gasteiger partial charge in [-0.15, -0.1) is 0 Å². The topological polar surface area (TPSA) is 70.2 Å². The van der Waals surface area contributed by atoms with Crippen LogP contribution in [0.15, 0.2) is 42.5 Å². The Kier molecular flexibility index (Phi) is 7.80. The summed E-state index contributed by atoms with van der Waals surface area (Å²) in [6, 6.07) is 11.2. The summed E-state index contributed by atoms with van der Waals surface area (Å²) in [7, 11) is -3.28. The molecule has 0 bridgehead atoms. The molecule has 0 N–H and O–H groups in total. The van der Waals surface area contributed by atoms with Crippen molar-refractivity contribution in [1.82, 2.24) is 14.1 Å². The number of nitrogens with zero attached hydrogens (tertiary/aromatic N) is 3. The Labute approximate surface area is 215 Å². The summed E-state index contributed by atoms with van der Waals surface area (Å²) in [6.07, 6.45) is 0.902. The van der Waals surface area contributed by atoms with Crippen LogP contribution in [0.5, 0.6) is 5.75 Å². The van der Waals surface area contributed by atoms with E-state index in [-0.39, 0.29) is 42.9 Å². The number of benzene rings is 2. The normalized spacial score (nSPS) is 22.3. The summed E-state index contributed by atoms with van der Waals surface area (Å²) in [4.78, 5) is 16.9. The number of carbonyl (C=O) groups is 1. The Bertz CT molecular complexity index is 1170. The number of hydrogen-bond acceptors (Lipinski definition) is 4. The van der Waals surface area contributed by atoms with Crippen molar-refractivity contribution < 1.29 is 22.3 Å². The van der Waals surface area contributed by atoms with Gasteiger partial charge in [-0.1, -0.05) is 29.3 Å². The van der Waals surface area contributed by atoms with E-state index < -0.39 is 10.0 Å². The number of sulfonamides is 1. The van der Waals surface area contributed by atoms with Crippen LogP contribution in [0.4, 0.5) is 9.18 Å². The van der Waals surface area contributed by atoms with Gasteiger partial charge in [0.1, 0.15) is 17.7 Å². The number of amides is 2. The first kappa shape index (κ1) is 26.0. The lowest BCUT2D eigenvalue weighted by molar-refractivity contribution is 0.128. The van der Waals surface area contributed by atoms with Gasteiger partial charge in [-0.05, 0) is 48.9 Å². The van der Waals surface area contributed by atoms with Gasteiger partial charge in [-0.3, -0.25) is 0 Å². The Morgan fingerprint density at radius 1 is 1.00 bits per heavy atom. The third-order valence-electron chi connectivity index (χ3n) is 6.72. The van der Waals surface area contributed by atoms with E-state index >= 15 is 0 Å². The van der Waals surface area contributed by atoms with Crippen LogP contribution in [0.3, 0.4) is 0 Å². The van der Waals surface area contributed by atoms with E-state index in [1.807, 2.05) is 19.1 Å². The standard InChI is InChI=1S/C24H28Cl2FN3O4S/c1-16(34-19-6-4-18(27)5-7-19)20-14-29(15-21(20)17-3-8-22(25)23(26)13-17)24(31)28-9-11-30(12-10-28)35(2,32)33/h3-8,13,16,20-21H,9-12,14-15H2,1-2H3/t16-,20-,21-/m0/s1. The van der Waals surface area contributed by atoms with Crippen molar-refractivity contribution >= 4 is 39.3 Å². The van der Waals surface area contributed by atoms with E-state index in [0.29, 0.717) is 42.0 Å². The first-order chi connectivity index (χ1) is 16.5. The molecule has 2 heterocycles. The quantitative estimate of drug-likeness (QED) is 0.563. The zero-order valence-electron chi connectivity index (χ0n) is 19.5. The minimum Gasteiger partial charge on any atom is -0.490 e. The lowest BCUT2D eigenvalue weighted by atomic mass is 9.85. The fraction of sp³-hybridized carbons (Fsp3) is 0.458. The van der Waals surface area contributed by atoms with Crippen LogP contribution in [-0.2, 0) is 10.0 Å². The highest BCUT2D eigenvalue weighted by atomic mass is 35.5. The molecule has 0 spiro atoms. The molecule has 2 amide bonds. The van der Waals surface area contributed by atoms with Crippen molar-refractivity contribution in [3.63, 3.8) is 0 Å². The molecule has 0 aromatic heterocycles. The van der Waals surface area contributed by atoms with E-state index in [2.05, 4.69) is 0 Å². The summed E-state index contributed by atoms with van der Waals surface area (Å²) in [5.74, 6) is 0.0979. The molecule has 0 saturated carbocycles. The summed E-state index contributed by atoms with van der Waals surface area (Å²) in [6.45, 7) is 4.10. The molecule has 0 radical (unpaired) electrons. The fourth-order valence-corrected chi connectivity index (χ4v) is 5.92. The lowest BCUT2D eigenvalue weighted by Crippen LogP contribution is -2.53. The van der Waals surface area contributed by atoms with Gasteiger partial charge in [0.2, 0.25) is 10.0 Å². The second-order valence-corrected chi connectivity index (χ2v) is 11.9. The summed E-state index contributed by atoms with van der Waals surface area (Å²) < 4.78 is 44.5. The lowest BCUT2D eigenvalue weighted by Gasteiger charge is -2.35. The van der Waals surface area contributed by atoms with Gasteiger partial charge in [-0.25, -0.2) is 17.6 Å². The van der Waals surface area contributed by atoms with Crippen LogP contribution in [0.25, 0.3) is 0 Å². The molecule has 7 nitrogen and oxygen atoms in total. The molecule has 2 aromatic carbocycles. The molecule has 2 saturated heterocycles. The van der Waals surface area contributed by atoms with Gasteiger partial charge in [0.05, 0.1) is 16.3 Å². The first-order valence-corrected chi connectivity index (χ1v) is 14.0. The third-order valence-corrected chi connectivity index (χ3v) is 8.77. The van der Waals surface area contributed by atoms with E-state index in [1.165, 1.54) is 22.7 Å². The van der Waals surface area contributed by atoms with Crippen LogP contribution < -0.4 is 4.74 Å². The Morgan fingerprint density at radius 2 is 1.66 bits per heavy atom. The molecular weight excluding hydrogens is 516 g/mol. The van der Waals surface area contributed by atoms with E-state index in [4.69, 9.17) is 27.9 Å². The Morgan fingerprint density at radius 3 is 2.26 bits per heavy atom.